The molecule has 1 aromatic carbocycles. The number of hydrogen-bond acceptors (Lipinski definition) is 3. The molecule has 0 spiro atoms. The summed E-state index contributed by atoms with van der Waals surface area (Å²) >= 11 is 1.82. The van der Waals surface area contributed by atoms with Gasteiger partial charge in [0, 0.05) is 24.9 Å². The van der Waals surface area contributed by atoms with E-state index < -0.39 is 0 Å². The zero-order valence-electron chi connectivity index (χ0n) is 12.3. The van der Waals surface area contributed by atoms with E-state index in [0.29, 0.717) is 23.7 Å². The van der Waals surface area contributed by atoms with Gasteiger partial charge >= 0.3 is 0 Å². The van der Waals surface area contributed by atoms with Crippen LogP contribution in [0.4, 0.5) is 0 Å². The van der Waals surface area contributed by atoms with Gasteiger partial charge in [-0.15, -0.1) is 11.3 Å². The van der Waals surface area contributed by atoms with Gasteiger partial charge in [0.25, 0.3) is 0 Å². The molecule has 110 valence electrons. The number of thiazole rings is 1. The zero-order valence-corrected chi connectivity index (χ0v) is 13.1. The van der Waals surface area contributed by atoms with Crippen LogP contribution in [0.25, 0.3) is 10.2 Å². The van der Waals surface area contributed by atoms with Gasteiger partial charge < -0.3 is 4.90 Å². The number of amides is 1. The molecule has 2 fully saturated rings. The van der Waals surface area contributed by atoms with Crippen molar-refractivity contribution in [3.8, 4) is 0 Å². The number of carbonyl (C=O) groups is 1. The third-order valence-corrected chi connectivity index (χ3v) is 6.09. The first kappa shape index (κ1) is 13.3. The minimum absolute atomic E-state index is 0.323. The molecule has 1 amide bonds. The molecule has 2 atom stereocenters. The number of carbonyl (C=O) groups excluding carboxylic acids is 1. The third kappa shape index (κ3) is 2.46. The lowest BCUT2D eigenvalue weighted by molar-refractivity contribution is -0.133. The number of likely N-dealkylation sites (tertiary alicyclic amines) is 1. The lowest BCUT2D eigenvalue weighted by atomic mass is 9.97. The Kier molecular flexibility index (Phi) is 3.21. The van der Waals surface area contributed by atoms with Crippen molar-refractivity contribution < 1.29 is 4.79 Å². The standard InChI is InChI=1S/C17H20N2OS/c1-11-10-13(11)17(20)19-8-6-12(7-9-19)16-18-14-4-2-3-5-15(14)21-16/h2-5,11-13H,6-10H2,1H3/t11-,13-/m1/s1. The van der Waals surface area contributed by atoms with Crippen LogP contribution < -0.4 is 0 Å². The topological polar surface area (TPSA) is 33.2 Å². The Morgan fingerprint density at radius 2 is 2.00 bits per heavy atom. The number of rotatable bonds is 2. The van der Waals surface area contributed by atoms with Crippen LogP contribution in [-0.4, -0.2) is 28.9 Å². The fourth-order valence-corrected chi connectivity index (χ4v) is 4.45. The monoisotopic (exact) mass is 300 g/mol. The van der Waals surface area contributed by atoms with Gasteiger partial charge in [0.1, 0.15) is 0 Å². The van der Waals surface area contributed by atoms with Crippen molar-refractivity contribution in [3.63, 3.8) is 0 Å². The average Bonchev–Trinajstić information content (AvgIpc) is 3.09. The van der Waals surface area contributed by atoms with Crippen molar-refractivity contribution in [1.82, 2.24) is 9.88 Å². The molecule has 0 unspecified atom stereocenters. The molecule has 4 rings (SSSR count). The Labute approximate surface area is 129 Å². The lowest BCUT2D eigenvalue weighted by Crippen LogP contribution is -2.39. The summed E-state index contributed by atoms with van der Waals surface area (Å²) in [6.45, 7) is 3.99. The summed E-state index contributed by atoms with van der Waals surface area (Å²) in [6, 6.07) is 8.35. The van der Waals surface area contributed by atoms with E-state index in [-0.39, 0.29) is 0 Å². The van der Waals surface area contributed by atoms with Crippen LogP contribution in [0.2, 0.25) is 0 Å². The Hall–Kier alpha value is -1.42. The molecular weight excluding hydrogens is 280 g/mol. The van der Waals surface area contributed by atoms with Crippen molar-refractivity contribution in [2.75, 3.05) is 13.1 Å². The molecule has 0 N–H and O–H groups in total. The highest BCUT2D eigenvalue weighted by atomic mass is 32.1. The van der Waals surface area contributed by atoms with E-state index in [4.69, 9.17) is 4.98 Å². The maximum Gasteiger partial charge on any atom is 0.225 e. The number of benzene rings is 1. The van der Waals surface area contributed by atoms with Gasteiger partial charge in [0.15, 0.2) is 0 Å². The van der Waals surface area contributed by atoms with Crippen molar-refractivity contribution in [2.24, 2.45) is 11.8 Å². The zero-order chi connectivity index (χ0) is 14.4. The van der Waals surface area contributed by atoms with E-state index >= 15 is 0 Å². The molecule has 0 radical (unpaired) electrons. The van der Waals surface area contributed by atoms with Crippen LogP contribution in [0.1, 0.15) is 37.1 Å². The average molecular weight is 300 g/mol. The molecule has 2 aliphatic rings. The van der Waals surface area contributed by atoms with Crippen LogP contribution in [0.15, 0.2) is 24.3 Å². The maximum atomic E-state index is 12.3. The van der Waals surface area contributed by atoms with E-state index in [0.717, 1.165) is 37.9 Å². The molecule has 4 heteroatoms. The SMILES string of the molecule is C[C@@H]1C[C@H]1C(=O)N1CCC(c2nc3ccccc3s2)CC1. The smallest absolute Gasteiger partial charge is 0.225 e. The van der Waals surface area contributed by atoms with Gasteiger partial charge in [0.05, 0.1) is 15.2 Å². The second-order valence-electron chi connectivity index (χ2n) is 6.44. The van der Waals surface area contributed by atoms with Gasteiger partial charge in [-0.05, 0) is 37.3 Å². The van der Waals surface area contributed by atoms with Crippen LogP contribution in [0, 0.1) is 11.8 Å². The highest BCUT2D eigenvalue weighted by Crippen LogP contribution is 2.41. The number of piperidine rings is 1. The Morgan fingerprint density at radius 3 is 2.67 bits per heavy atom. The summed E-state index contributed by atoms with van der Waals surface area (Å²) in [7, 11) is 0. The summed E-state index contributed by atoms with van der Waals surface area (Å²) in [5.74, 6) is 1.86. The molecule has 2 aromatic rings. The normalized spacial score (nSPS) is 26.2. The Balaban J connectivity index is 1.43. The van der Waals surface area contributed by atoms with E-state index in [1.54, 1.807) is 0 Å². The van der Waals surface area contributed by atoms with Crippen molar-refractivity contribution in [1.29, 1.82) is 0 Å². The summed E-state index contributed by atoms with van der Waals surface area (Å²) < 4.78 is 1.28. The van der Waals surface area contributed by atoms with Crippen molar-refractivity contribution in [3.05, 3.63) is 29.3 Å². The summed E-state index contributed by atoms with van der Waals surface area (Å²) in [4.78, 5) is 19.1. The number of fused-ring (bicyclic) bond motifs is 1. The first-order chi connectivity index (χ1) is 10.2. The molecule has 3 nitrogen and oxygen atoms in total. The first-order valence-electron chi connectivity index (χ1n) is 7.86. The second kappa shape index (κ2) is 5.09. The molecule has 1 aliphatic carbocycles. The third-order valence-electron chi connectivity index (χ3n) is 4.89. The summed E-state index contributed by atoms with van der Waals surface area (Å²) in [5, 5.41) is 1.25. The number of nitrogens with zero attached hydrogens (tertiary/aromatic N) is 2. The van der Waals surface area contributed by atoms with Gasteiger partial charge in [-0.1, -0.05) is 19.1 Å². The highest BCUT2D eigenvalue weighted by Gasteiger charge is 2.42. The minimum atomic E-state index is 0.323. The van der Waals surface area contributed by atoms with Crippen molar-refractivity contribution in [2.45, 2.75) is 32.1 Å². The van der Waals surface area contributed by atoms with E-state index in [2.05, 4.69) is 30.0 Å². The van der Waals surface area contributed by atoms with Crippen LogP contribution in [-0.2, 0) is 4.79 Å². The van der Waals surface area contributed by atoms with Crippen LogP contribution >= 0.6 is 11.3 Å². The molecule has 1 saturated heterocycles. The lowest BCUT2D eigenvalue weighted by Gasteiger charge is -2.31. The quantitative estimate of drug-likeness (QED) is 0.848. The van der Waals surface area contributed by atoms with Crippen molar-refractivity contribution >= 4 is 27.5 Å². The molecule has 1 aromatic heterocycles. The fourth-order valence-electron chi connectivity index (χ4n) is 3.31. The molecule has 1 saturated carbocycles. The van der Waals surface area contributed by atoms with Gasteiger partial charge in [0.2, 0.25) is 5.91 Å². The predicted molar refractivity (Wildman–Crippen MR) is 85.4 cm³/mol. The summed E-state index contributed by atoms with van der Waals surface area (Å²) in [5.41, 5.74) is 1.11. The van der Waals surface area contributed by atoms with Crippen LogP contribution in [0.5, 0.6) is 0 Å². The van der Waals surface area contributed by atoms with Gasteiger partial charge in [-0.3, -0.25) is 4.79 Å². The Bertz CT molecular complexity index is 639. The van der Waals surface area contributed by atoms with E-state index in [1.807, 2.05) is 17.4 Å². The number of aromatic nitrogens is 1. The molecular formula is C17H20N2OS. The van der Waals surface area contributed by atoms with Crippen LogP contribution in [0.3, 0.4) is 0 Å². The maximum absolute atomic E-state index is 12.3. The predicted octanol–water partition coefficient (Wildman–Crippen LogP) is 3.66. The molecule has 0 bridgehead atoms. The fraction of sp³-hybridized carbons (Fsp3) is 0.529. The largest absolute Gasteiger partial charge is 0.342 e. The molecule has 2 heterocycles. The molecule has 21 heavy (non-hydrogen) atoms. The minimum Gasteiger partial charge on any atom is -0.342 e. The highest BCUT2D eigenvalue weighted by molar-refractivity contribution is 7.18. The second-order valence-corrected chi connectivity index (χ2v) is 7.50. The summed E-state index contributed by atoms with van der Waals surface area (Å²) in [6.07, 6.45) is 3.22. The van der Waals surface area contributed by atoms with Gasteiger partial charge in [-0.2, -0.15) is 0 Å². The first-order valence-corrected chi connectivity index (χ1v) is 8.68. The van der Waals surface area contributed by atoms with E-state index in [1.165, 1.54) is 9.71 Å². The number of hydrogen-bond donors (Lipinski definition) is 0. The molecule has 1 aliphatic heterocycles. The van der Waals surface area contributed by atoms with Gasteiger partial charge in [-0.25, -0.2) is 4.98 Å². The van der Waals surface area contributed by atoms with E-state index in [9.17, 15) is 4.79 Å². The number of para-hydroxylation sites is 1. The Morgan fingerprint density at radius 1 is 1.29 bits per heavy atom.